The minimum Gasteiger partial charge on any atom is -0.476 e. The fourth-order valence-corrected chi connectivity index (χ4v) is 1.75. The molecular formula is C14H23N3O2. The molecule has 106 valence electrons. The summed E-state index contributed by atoms with van der Waals surface area (Å²) in [5, 5.41) is 12.1. The lowest BCUT2D eigenvalue weighted by molar-refractivity contribution is 0.265. The smallest absolute Gasteiger partial charge is 0.239 e. The lowest BCUT2D eigenvalue weighted by Gasteiger charge is -2.13. The fraction of sp³-hybridized carbons (Fsp3) is 0.643. The van der Waals surface area contributed by atoms with Crippen LogP contribution in [0.25, 0.3) is 0 Å². The molecule has 0 saturated heterocycles. The molecule has 1 aliphatic rings. The number of aromatic nitrogens is 1. The van der Waals surface area contributed by atoms with Gasteiger partial charge in [0.1, 0.15) is 5.82 Å². The Labute approximate surface area is 114 Å². The van der Waals surface area contributed by atoms with E-state index in [1.807, 2.05) is 12.1 Å². The number of pyridine rings is 1. The van der Waals surface area contributed by atoms with Crippen LogP contribution in [0.3, 0.4) is 0 Å². The van der Waals surface area contributed by atoms with Crippen LogP contribution in [0.2, 0.25) is 0 Å². The number of nitrogens with zero attached hydrogens (tertiary/aromatic N) is 1. The zero-order valence-electron chi connectivity index (χ0n) is 11.4. The maximum atomic E-state index is 8.86. The number of anilines is 2. The van der Waals surface area contributed by atoms with Crippen LogP contribution in [0.4, 0.5) is 11.5 Å². The van der Waals surface area contributed by atoms with E-state index in [2.05, 4.69) is 17.2 Å². The molecule has 2 rings (SSSR count). The van der Waals surface area contributed by atoms with Gasteiger partial charge < -0.3 is 20.9 Å². The Balaban J connectivity index is 1.87. The van der Waals surface area contributed by atoms with Crippen molar-refractivity contribution < 1.29 is 9.84 Å². The van der Waals surface area contributed by atoms with Gasteiger partial charge in [-0.25, -0.2) is 0 Å². The predicted octanol–water partition coefficient (Wildman–Crippen LogP) is 1.88. The van der Waals surface area contributed by atoms with Crippen molar-refractivity contribution in [3.05, 3.63) is 12.1 Å². The van der Waals surface area contributed by atoms with Gasteiger partial charge in [-0.05, 0) is 43.2 Å². The number of nitrogen functional groups attached to an aromatic ring is 1. The third-order valence-electron chi connectivity index (χ3n) is 3.30. The zero-order valence-corrected chi connectivity index (χ0v) is 11.4. The molecule has 0 spiro atoms. The van der Waals surface area contributed by atoms with Crippen molar-refractivity contribution in [1.82, 2.24) is 4.98 Å². The Kier molecular flexibility index (Phi) is 4.85. The first kappa shape index (κ1) is 13.9. The monoisotopic (exact) mass is 265 g/mol. The average Bonchev–Trinajstić information content (AvgIpc) is 3.21. The van der Waals surface area contributed by atoms with E-state index in [0.717, 1.165) is 18.8 Å². The number of aliphatic hydroxyl groups is 1. The number of aliphatic hydroxyl groups excluding tert-OH is 1. The van der Waals surface area contributed by atoms with Crippen molar-refractivity contribution in [2.45, 2.75) is 26.2 Å². The first-order valence-corrected chi connectivity index (χ1v) is 6.93. The molecule has 1 aliphatic carbocycles. The zero-order chi connectivity index (χ0) is 13.7. The van der Waals surface area contributed by atoms with Crippen LogP contribution in [-0.2, 0) is 0 Å². The number of hydrogen-bond acceptors (Lipinski definition) is 5. The van der Waals surface area contributed by atoms with Crippen molar-refractivity contribution >= 4 is 11.5 Å². The molecular weight excluding hydrogens is 242 g/mol. The number of hydrogen-bond donors (Lipinski definition) is 3. The standard InChI is InChI=1S/C14H23N3O2/c1-10(6-7-18)8-16-13-5-4-12(15)14(17-13)19-9-11-2-3-11/h4-5,10-11,18H,2-3,6-9,15H2,1H3,(H,16,17). The molecule has 0 aliphatic heterocycles. The van der Waals surface area contributed by atoms with Crippen LogP contribution in [0, 0.1) is 11.8 Å². The van der Waals surface area contributed by atoms with Gasteiger partial charge in [-0.3, -0.25) is 0 Å². The lowest BCUT2D eigenvalue weighted by Crippen LogP contribution is -2.14. The molecule has 0 radical (unpaired) electrons. The van der Waals surface area contributed by atoms with E-state index in [-0.39, 0.29) is 6.61 Å². The largest absolute Gasteiger partial charge is 0.476 e. The lowest BCUT2D eigenvalue weighted by atomic mass is 10.1. The van der Waals surface area contributed by atoms with Crippen molar-refractivity contribution in [2.75, 3.05) is 30.8 Å². The predicted molar refractivity (Wildman–Crippen MR) is 76.2 cm³/mol. The van der Waals surface area contributed by atoms with E-state index in [0.29, 0.717) is 30.0 Å². The van der Waals surface area contributed by atoms with E-state index in [9.17, 15) is 0 Å². The molecule has 1 heterocycles. The molecule has 1 unspecified atom stereocenters. The Morgan fingerprint density at radius 1 is 1.53 bits per heavy atom. The molecule has 1 aromatic rings. The van der Waals surface area contributed by atoms with Crippen molar-refractivity contribution in [2.24, 2.45) is 11.8 Å². The summed E-state index contributed by atoms with van der Waals surface area (Å²) in [6.07, 6.45) is 3.28. The maximum absolute atomic E-state index is 8.86. The van der Waals surface area contributed by atoms with Gasteiger partial charge in [0.2, 0.25) is 5.88 Å². The van der Waals surface area contributed by atoms with Crippen LogP contribution in [0.15, 0.2) is 12.1 Å². The van der Waals surface area contributed by atoms with Crippen LogP contribution >= 0.6 is 0 Å². The Morgan fingerprint density at radius 2 is 2.32 bits per heavy atom. The highest BCUT2D eigenvalue weighted by atomic mass is 16.5. The van der Waals surface area contributed by atoms with Gasteiger partial charge >= 0.3 is 0 Å². The van der Waals surface area contributed by atoms with Gasteiger partial charge in [0, 0.05) is 13.2 Å². The van der Waals surface area contributed by atoms with E-state index in [1.54, 1.807) is 0 Å². The summed E-state index contributed by atoms with van der Waals surface area (Å²) in [4.78, 5) is 4.38. The van der Waals surface area contributed by atoms with Crippen LogP contribution in [0.1, 0.15) is 26.2 Å². The Hall–Kier alpha value is -1.49. The van der Waals surface area contributed by atoms with Gasteiger partial charge in [-0.15, -0.1) is 0 Å². The SMILES string of the molecule is CC(CCO)CNc1ccc(N)c(OCC2CC2)n1. The van der Waals surface area contributed by atoms with Crippen LogP contribution in [-0.4, -0.2) is 29.8 Å². The fourth-order valence-electron chi connectivity index (χ4n) is 1.75. The molecule has 5 heteroatoms. The van der Waals surface area contributed by atoms with E-state index in [4.69, 9.17) is 15.6 Å². The molecule has 0 aromatic carbocycles. The normalized spacial score (nSPS) is 16.1. The third kappa shape index (κ3) is 4.59. The van der Waals surface area contributed by atoms with E-state index >= 15 is 0 Å². The third-order valence-corrected chi connectivity index (χ3v) is 3.30. The second-order valence-electron chi connectivity index (χ2n) is 5.34. The number of nitrogens with one attached hydrogen (secondary N) is 1. The summed E-state index contributed by atoms with van der Waals surface area (Å²) < 4.78 is 5.64. The van der Waals surface area contributed by atoms with E-state index < -0.39 is 0 Å². The second-order valence-corrected chi connectivity index (χ2v) is 5.34. The van der Waals surface area contributed by atoms with Gasteiger partial charge in [0.05, 0.1) is 12.3 Å². The highest BCUT2D eigenvalue weighted by molar-refractivity contribution is 5.53. The quantitative estimate of drug-likeness (QED) is 0.668. The van der Waals surface area contributed by atoms with Crippen molar-refractivity contribution in [3.63, 3.8) is 0 Å². The highest BCUT2D eigenvalue weighted by Crippen LogP contribution is 2.30. The molecule has 0 amide bonds. The van der Waals surface area contributed by atoms with Crippen molar-refractivity contribution in [1.29, 1.82) is 0 Å². The van der Waals surface area contributed by atoms with Gasteiger partial charge in [-0.1, -0.05) is 6.92 Å². The minimum atomic E-state index is 0.216. The first-order valence-electron chi connectivity index (χ1n) is 6.93. The molecule has 1 atom stereocenters. The summed E-state index contributed by atoms with van der Waals surface area (Å²) >= 11 is 0. The summed E-state index contributed by atoms with van der Waals surface area (Å²) in [5.74, 6) is 2.37. The first-order chi connectivity index (χ1) is 9.19. The maximum Gasteiger partial charge on any atom is 0.239 e. The summed E-state index contributed by atoms with van der Waals surface area (Å²) in [6.45, 7) is 3.79. The molecule has 1 fully saturated rings. The molecule has 0 bridgehead atoms. The minimum absolute atomic E-state index is 0.216. The van der Waals surface area contributed by atoms with Gasteiger partial charge in [0.25, 0.3) is 0 Å². The van der Waals surface area contributed by atoms with Crippen molar-refractivity contribution in [3.8, 4) is 5.88 Å². The molecule has 1 aromatic heterocycles. The average molecular weight is 265 g/mol. The summed E-state index contributed by atoms with van der Waals surface area (Å²) in [7, 11) is 0. The second kappa shape index (κ2) is 6.61. The highest BCUT2D eigenvalue weighted by Gasteiger charge is 2.22. The molecule has 5 nitrogen and oxygen atoms in total. The molecule has 19 heavy (non-hydrogen) atoms. The van der Waals surface area contributed by atoms with Crippen LogP contribution in [0.5, 0.6) is 5.88 Å². The van der Waals surface area contributed by atoms with Gasteiger partial charge in [0.15, 0.2) is 0 Å². The topological polar surface area (TPSA) is 80.4 Å². The van der Waals surface area contributed by atoms with E-state index in [1.165, 1.54) is 12.8 Å². The Morgan fingerprint density at radius 3 is 3.00 bits per heavy atom. The summed E-state index contributed by atoms with van der Waals surface area (Å²) in [5.41, 5.74) is 6.43. The summed E-state index contributed by atoms with van der Waals surface area (Å²) in [6, 6.07) is 3.67. The molecule has 1 saturated carbocycles. The van der Waals surface area contributed by atoms with Crippen LogP contribution < -0.4 is 15.8 Å². The van der Waals surface area contributed by atoms with Gasteiger partial charge in [-0.2, -0.15) is 4.98 Å². The number of nitrogens with two attached hydrogens (primary N) is 1. The molecule has 4 N–H and O–H groups in total. The number of rotatable bonds is 8. The number of ether oxygens (including phenoxy) is 1. The Bertz CT molecular complexity index is 408.